The van der Waals surface area contributed by atoms with Crippen LogP contribution in [0.25, 0.3) is 0 Å². The van der Waals surface area contributed by atoms with E-state index in [0.29, 0.717) is 18.7 Å². The highest BCUT2D eigenvalue weighted by Crippen LogP contribution is 2.06. The van der Waals surface area contributed by atoms with Gasteiger partial charge in [-0.2, -0.15) is 0 Å². The molecule has 2 unspecified atom stereocenters. The van der Waals surface area contributed by atoms with E-state index in [1.165, 1.54) is 25.8 Å². The van der Waals surface area contributed by atoms with Crippen LogP contribution in [-0.2, 0) is 0 Å². The summed E-state index contributed by atoms with van der Waals surface area (Å²) in [7, 11) is 0. The monoisotopic (exact) mass is 200 g/mol. The van der Waals surface area contributed by atoms with Gasteiger partial charge in [-0.3, -0.25) is 0 Å². The average Bonchev–Trinajstić information content (AvgIpc) is 2.25. The number of rotatable bonds is 6. The second-order valence-corrected chi connectivity index (χ2v) is 4.17. The van der Waals surface area contributed by atoms with E-state index in [2.05, 4.69) is 17.6 Å². The van der Waals surface area contributed by atoms with Crippen LogP contribution in [0.5, 0.6) is 0 Å². The Kier molecular flexibility index (Phi) is 6.15. The molecule has 1 saturated heterocycles. The van der Waals surface area contributed by atoms with Gasteiger partial charge in [0.2, 0.25) is 0 Å². The molecule has 0 aromatic heterocycles. The lowest BCUT2D eigenvalue weighted by Crippen LogP contribution is -2.44. The minimum Gasteiger partial charge on any atom is -0.396 e. The molecule has 0 saturated carbocycles. The van der Waals surface area contributed by atoms with E-state index in [0.717, 1.165) is 19.4 Å². The van der Waals surface area contributed by atoms with Gasteiger partial charge in [0.15, 0.2) is 0 Å². The summed E-state index contributed by atoms with van der Waals surface area (Å²) in [6.45, 7) is 4.69. The number of piperidine rings is 1. The first kappa shape index (κ1) is 12.0. The van der Waals surface area contributed by atoms with Crippen molar-refractivity contribution in [3.8, 4) is 0 Å². The number of aliphatic hydroxyl groups is 1. The summed E-state index contributed by atoms with van der Waals surface area (Å²) < 4.78 is 0. The third-order valence-corrected chi connectivity index (χ3v) is 3.04. The van der Waals surface area contributed by atoms with Crippen LogP contribution in [0, 0.1) is 0 Å². The number of hydrogen-bond donors (Lipinski definition) is 3. The summed E-state index contributed by atoms with van der Waals surface area (Å²) in [5.74, 6) is 0. The zero-order valence-corrected chi connectivity index (χ0v) is 9.26. The van der Waals surface area contributed by atoms with Crippen LogP contribution < -0.4 is 10.6 Å². The molecule has 1 fully saturated rings. The second kappa shape index (κ2) is 7.21. The van der Waals surface area contributed by atoms with Crippen molar-refractivity contribution in [1.29, 1.82) is 0 Å². The van der Waals surface area contributed by atoms with Gasteiger partial charge in [0.25, 0.3) is 0 Å². The van der Waals surface area contributed by atoms with E-state index in [1.54, 1.807) is 0 Å². The zero-order valence-electron chi connectivity index (χ0n) is 9.26. The van der Waals surface area contributed by atoms with E-state index in [-0.39, 0.29) is 0 Å². The first-order valence-corrected chi connectivity index (χ1v) is 5.94. The number of aliphatic hydroxyl groups excluding tert-OH is 1. The third kappa shape index (κ3) is 4.40. The Balaban J connectivity index is 2.10. The molecule has 1 heterocycles. The highest BCUT2D eigenvalue weighted by molar-refractivity contribution is 4.76. The predicted molar refractivity (Wildman–Crippen MR) is 59.4 cm³/mol. The lowest BCUT2D eigenvalue weighted by Gasteiger charge is -2.26. The fourth-order valence-corrected chi connectivity index (χ4v) is 2.01. The van der Waals surface area contributed by atoms with Crippen LogP contribution in [0.15, 0.2) is 0 Å². The predicted octanol–water partition coefficient (Wildman–Crippen LogP) is 0.879. The van der Waals surface area contributed by atoms with Crippen molar-refractivity contribution >= 4 is 0 Å². The zero-order chi connectivity index (χ0) is 10.2. The van der Waals surface area contributed by atoms with Crippen LogP contribution >= 0.6 is 0 Å². The van der Waals surface area contributed by atoms with Gasteiger partial charge in [-0.1, -0.05) is 13.3 Å². The molecule has 3 heteroatoms. The van der Waals surface area contributed by atoms with Gasteiger partial charge in [0.1, 0.15) is 0 Å². The van der Waals surface area contributed by atoms with E-state index in [9.17, 15) is 0 Å². The molecule has 2 atom stereocenters. The largest absolute Gasteiger partial charge is 0.396 e. The molecule has 3 nitrogen and oxygen atoms in total. The average molecular weight is 200 g/mol. The molecule has 84 valence electrons. The van der Waals surface area contributed by atoms with Gasteiger partial charge in [-0.25, -0.2) is 0 Å². The van der Waals surface area contributed by atoms with Crippen LogP contribution in [0.1, 0.15) is 39.0 Å². The molecule has 0 bridgehead atoms. The van der Waals surface area contributed by atoms with Crippen LogP contribution in [0.3, 0.4) is 0 Å². The quantitative estimate of drug-likeness (QED) is 0.596. The van der Waals surface area contributed by atoms with Crippen molar-refractivity contribution in [1.82, 2.24) is 10.6 Å². The molecule has 14 heavy (non-hydrogen) atoms. The first-order chi connectivity index (χ1) is 6.86. The number of nitrogens with one attached hydrogen (secondary N) is 2. The Labute approximate surface area is 87.3 Å². The first-order valence-electron chi connectivity index (χ1n) is 5.94. The van der Waals surface area contributed by atoms with Crippen LogP contribution in [0.4, 0.5) is 0 Å². The highest BCUT2D eigenvalue weighted by atomic mass is 16.3. The van der Waals surface area contributed by atoms with Crippen molar-refractivity contribution in [3.63, 3.8) is 0 Å². The van der Waals surface area contributed by atoms with E-state index in [4.69, 9.17) is 5.11 Å². The van der Waals surface area contributed by atoms with Gasteiger partial charge in [-0.05, 0) is 32.2 Å². The van der Waals surface area contributed by atoms with Crippen molar-refractivity contribution in [3.05, 3.63) is 0 Å². The molecule has 0 radical (unpaired) electrons. The van der Waals surface area contributed by atoms with Gasteiger partial charge < -0.3 is 15.7 Å². The Hall–Kier alpha value is -0.120. The SMILES string of the molecule is CCC(CCO)NCC1CCCCN1. The standard InChI is InChI=1S/C11H24N2O/c1-2-10(6-8-14)13-9-11-5-3-4-7-12-11/h10-14H,2-9H2,1H3. The van der Waals surface area contributed by atoms with Crippen LogP contribution in [0.2, 0.25) is 0 Å². The summed E-state index contributed by atoms with van der Waals surface area (Å²) in [4.78, 5) is 0. The summed E-state index contributed by atoms with van der Waals surface area (Å²) in [5, 5.41) is 15.9. The normalized spacial score (nSPS) is 24.9. The molecule has 0 aromatic rings. The molecule has 0 spiro atoms. The summed E-state index contributed by atoms with van der Waals surface area (Å²) in [6, 6.07) is 1.14. The van der Waals surface area contributed by atoms with Crippen molar-refractivity contribution in [2.75, 3.05) is 19.7 Å². The topological polar surface area (TPSA) is 44.3 Å². The van der Waals surface area contributed by atoms with Crippen molar-refractivity contribution < 1.29 is 5.11 Å². The number of hydrogen-bond acceptors (Lipinski definition) is 3. The Morgan fingerprint density at radius 2 is 2.36 bits per heavy atom. The molecule has 0 aromatic carbocycles. The Bertz CT molecular complexity index is 130. The molecule has 3 N–H and O–H groups in total. The van der Waals surface area contributed by atoms with E-state index >= 15 is 0 Å². The summed E-state index contributed by atoms with van der Waals surface area (Å²) in [5.41, 5.74) is 0. The highest BCUT2D eigenvalue weighted by Gasteiger charge is 2.13. The van der Waals surface area contributed by atoms with Gasteiger partial charge in [-0.15, -0.1) is 0 Å². The van der Waals surface area contributed by atoms with Crippen LogP contribution in [-0.4, -0.2) is 36.9 Å². The lowest BCUT2D eigenvalue weighted by atomic mass is 10.0. The molecule has 1 aliphatic rings. The van der Waals surface area contributed by atoms with Gasteiger partial charge in [0.05, 0.1) is 0 Å². The second-order valence-electron chi connectivity index (χ2n) is 4.17. The maximum Gasteiger partial charge on any atom is 0.0445 e. The fourth-order valence-electron chi connectivity index (χ4n) is 2.01. The fraction of sp³-hybridized carbons (Fsp3) is 1.00. The van der Waals surface area contributed by atoms with E-state index in [1.807, 2.05) is 0 Å². The summed E-state index contributed by atoms with van der Waals surface area (Å²) >= 11 is 0. The third-order valence-electron chi connectivity index (χ3n) is 3.04. The molecule has 0 aliphatic carbocycles. The van der Waals surface area contributed by atoms with Gasteiger partial charge in [0, 0.05) is 25.2 Å². The minimum absolute atomic E-state index is 0.295. The molecular weight excluding hydrogens is 176 g/mol. The van der Waals surface area contributed by atoms with E-state index < -0.39 is 0 Å². The Morgan fingerprint density at radius 3 is 2.93 bits per heavy atom. The molecule has 1 rings (SSSR count). The Morgan fingerprint density at radius 1 is 1.50 bits per heavy atom. The van der Waals surface area contributed by atoms with Crippen molar-refractivity contribution in [2.45, 2.75) is 51.1 Å². The van der Waals surface area contributed by atoms with Crippen molar-refractivity contribution in [2.24, 2.45) is 0 Å². The van der Waals surface area contributed by atoms with Gasteiger partial charge >= 0.3 is 0 Å². The maximum atomic E-state index is 8.85. The smallest absolute Gasteiger partial charge is 0.0445 e. The molecule has 1 aliphatic heterocycles. The minimum atomic E-state index is 0.295. The molecule has 0 amide bonds. The summed E-state index contributed by atoms with van der Waals surface area (Å²) in [6.07, 6.45) is 5.96. The molecular formula is C11H24N2O. The lowest BCUT2D eigenvalue weighted by molar-refractivity contribution is 0.257. The maximum absolute atomic E-state index is 8.85.